The molecule has 0 unspecified atom stereocenters. The molecule has 132 valence electrons. The normalized spacial score (nSPS) is 14.5. The molecule has 0 spiro atoms. The van der Waals surface area contributed by atoms with Crippen LogP contribution in [-0.2, 0) is 4.79 Å². The monoisotopic (exact) mass is 360 g/mol. The molecule has 4 rings (SSSR count). The molecular formula is C19H12N4O4. The summed E-state index contributed by atoms with van der Waals surface area (Å²) in [5.41, 5.74) is 1.91. The molecule has 1 N–H and O–H groups in total. The quantitative estimate of drug-likeness (QED) is 0.435. The summed E-state index contributed by atoms with van der Waals surface area (Å²) in [6.07, 6.45) is 1.35. The predicted molar refractivity (Wildman–Crippen MR) is 100 cm³/mol. The Bertz CT molecular complexity index is 1110. The maximum absolute atomic E-state index is 12.0. The molecule has 2 aromatic carbocycles. The molecule has 27 heavy (non-hydrogen) atoms. The first-order valence-electron chi connectivity index (χ1n) is 7.99. The minimum Gasteiger partial charge on any atom is -0.455 e. The van der Waals surface area contributed by atoms with E-state index >= 15 is 0 Å². The number of nitrogens with zero attached hydrogens (tertiary/aromatic N) is 3. The first-order chi connectivity index (χ1) is 13.1. The smallest absolute Gasteiger partial charge is 0.280 e. The summed E-state index contributed by atoms with van der Waals surface area (Å²) in [5, 5.41) is 21.7. The SMILES string of the molecule is O=C1Nc2ccccc2/C1=N/N=C/c1ccc(-c2ccccc2[N+](=O)[O-])o1. The maximum Gasteiger partial charge on any atom is 0.280 e. The third-order valence-corrected chi connectivity index (χ3v) is 3.98. The number of nitro benzene ring substituents is 1. The van der Waals surface area contributed by atoms with Gasteiger partial charge >= 0.3 is 0 Å². The number of nitro groups is 1. The molecule has 1 aromatic heterocycles. The van der Waals surface area contributed by atoms with E-state index in [1.807, 2.05) is 12.1 Å². The minimum absolute atomic E-state index is 0.0465. The van der Waals surface area contributed by atoms with Crippen molar-refractivity contribution in [2.24, 2.45) is 10.2 Å². The number of carbonyl (C=O) groups is 1. The van der Waals surface area contributed by atoms with Crippen molar-refractivity contribution in [3.8, 4) is 11.3 Å². The van der Waals surface area contributed by atoms with Crippen LogP contribution >= 0.6 is 0 Å². The standard InChI is InChI=1S/C19H12N4O4/c24-19-18(13-5-1-3-7-15(13)21-19)22-20-11-12-9-10-17(27-12)14-6-2-4-8-16(14)23(25)26/h1-11H,(H,21,22,24)/b20-11+. The fourth-order valence-corrected chi connectivity index (χ4v) is 2.75. The molecule has 3 aromatic rings. The van der Waals surface area contributed by atoms with Crippen molar-refractivity contribution in [3.05, 3.63) is 82.1 Å². The fraction of sp³-hybridized carbons (Fsp3) is 0. The van der Waals surface area contributed by atoms with Crippen LogP contribution in [-0.4, -0.2) is 22.8 Å². The van der Waals surface area contributed by atoms with Crippen LogP contribution in [0, 0.1) is 10.1 Å². The lowest BCUT2D eigenvalue weighted by molar-refractivity contribution is -0.384. The number of amides is 1. The van der Waals surface area contributed by atoms with Gasteiger partial charge in [0, 0.05) is 11.6 Å². The molecule has 2 heterocycles. The largest absolute Gasteiger partial charge is 0.455 e. The van der Waals surface area contributed by atoms with Crippen molar-refractivity contribution in [2.45, 2.75) is 0 Å². The molecule has 8 nitrogen and oxygen atoms in total. The second-order valence-electron chi connectivity index (χ2n) is 5.67. The summed E-state index contributed by atoms with van der Waals surface area (Å²) >= 11 is 0. The maximum atomic E-state index is 12.0. The molecule has 0 saturated heterocycles. The molecule has 0 aliphatic carbocycles. The van der Waals surface area contributed by atoms with Crippen LogP contribution in [0.3, 0.4) is 0 Å². The topological polar surface area (TPSA) is 110 Å². The third kappa shape index (κ3) is 3.11. The first kappa shape index (κ1) is 16.4. The summed E-state index contributed by atoms with van der Waals surface area (Å²) in [6, 6.07) is 16.7. The number of fused-ring (bicyclic) bond motifs is 1. The summed E-state index contributed by atoms with van der Waals surface area (Å²) in [5.74, 6) is 0.382. The van der Waals surface area contributed by atoms with Crippen molar-refractivity contribution in [3.63, 3.8) is 0 Å². The second-order valence-corrected chi connectivity index (χ2v) is 5.67. The number of furan rings is 1. The van der Waals surface area contributed by atoms with Crippen molar-refractivity contribution >= 4 is 29.2 Å². The first-order valence-corrected chi connectivity index (χ1v) is 7.99. The highest BCUT2D eigenvalue weighted by atomic mass is 16.6. The molecule has 0 fully saturated rings. The molecule has 1 aliphatic heterocycles. The number of rotatable bonds is 4. The lowest BCUT2D eigenvalue weighted by Gasteiger charge is -1.98. The summed E-state index contributed by atoms with van der Waals surface area (Å²) in [7, 11) is 0. The molecule has 1 aliphatic rings. The van der Waals surface area contributed by atoms with E-state index < -0.39 is 4.92 Å². The van der Waals surface area contributed by atoms with E-state index in [0.717, 1.165) is 0 Å². The Morgan fingerprint density at radius 2 is 1.74 bits per heavy atom. The van der Waals surface area contributed by atoms with Gasteiger partial charge in [-0.05, 0) is 24.3 Å². The lowest BCUT2D eigenvalue weighted by Crippen LogP contribution is -2.13. The molecule has 8 heteroatoms. The molecule has 0 saturated carbocycles. The van der Waals surface area contributed by atoms with Crippen LogP contribution in [0.4, 0.5) is 11.4 Å². The summed E-state index contributed by atoms with van der Waals surface area (Å²) in [4.78, 5) is 22.6. The van der Waals surface area contributed by atoms with E-state index in [4.69, 9.17) is 4.42 Å². The van der Waals surface area contributed by atoms with E-state index in [1.54, 1.807) is 42.5 Å². The number of anilines is 1. The Labute approximate surface area is 153 Å². The Kier molecular flexibility index (Phi) is 4.06. The fourth-order valence-electron chi connectivity index (χ4n) is 2.75. The number of para-hydroxylation sites is 2. The van der Waals surface area contributed by atoms with Gasteiger partial charge in [0.2, 0.25) is 0 Å². The Balaban J connectivity index is 1.59. The van der Waals surface area contributed by atoms with Crippen LogP contribution in [0.5, 0.6) is 0 Å². The van der Waals surface area contributed by atoms with Crippen molar-refractivity contribution in [1.82, 2.24) is 0 Å². The van der Waals surface area contributed by atoms with Gasteiger partial charge in [0.1, 0.15) is 11.5 Å². The zero-order chi connectivity index (χ0) is 18.8. The Hall–Kier alpha value is -4.07. The van der Waals surface area contributed by atoms with Gasteiger partial charge in [0.05, 0.1) is 22.4 Å². The Morgan fingerprint density at radius 3 is 2.56 bits per heavy atom. The number of hydrogen-bond donors (Lipinski definition) is 1. The van der Waals surface area contributed by atoms with E-state index in [2.05, 4.69) is 15.5 Å². The molecule has 0 atom stereocenters. The zero-order valence-corrected chi connectivity index (χ0v) is 13.8. The van der Waals surface area contributed by atoms with E-state index in [1.165, 1.54) is 12.3 Å². The molecule has 0 bridgehead atoms. The predicted octanol–water partition coefficient (Wildman–Crippen LogP) is 3.63. The number of carbonyl (C=O) groups excluding carboxylic acids is 1. The highest BCUT2D eigenvalue weighted by Gasteiger charge is 2.25. The van der Waals surface area contributed by atoms with Crippen LogP contribution in [0.2, 0.25) is 0 Å². The Morgan fingerprint density at radius 1 is 1.00 bits per heavy atom. The third-order valence-electron chi connectivity index (χ3n) is 3.98. The number of nitrogens with one attached hydrogen (secondary N) is 1. The lowest BCUT2D eigenvalue weighted by atomic mass is 10.1. The van der Waals surface area contributed by atoms with Gasteiger partial charge in [0.15, 0.2) is 5.71 Å². The highest BCUT2D eigenvalue weighted by Crippen LogP contribution is 2.30. The van der Waals surface area contributed by atoms with Crippen LogP contribution in [0.25, 0.3) is 11.3 Å². The van der Waals surface area contributed by atoms with Crippen LogP contribution in [0.15, 0.2) is 75.3 Å². The zero-order valence-electron chi connectivity index (χ0n) is 13.8. The van der Waals surface area contributed by atoms with E-state index in [-0.39, 0.29) is 17.3 Å². The van der Waals surface area contributed by atoms with Gasteiger partial charge in [-0.25, -0.2) is 0 Å². The average Bonchev–Trinajstić information content (AvgIpc) is 3.26. The molecular weight excluding hydrogens is 348 g/mol. The van der Waals surface area contributed by atoms with Crippen LogP contribution < -0.4 is 5.32 Å². The van der Waals surface area contributed by atoms with Gasteiger partial charge < -0.3 is 9.73 Å². The number of hydrogen-bond acceptors (Lipinski definition) is 6. The van der Waals surface area contributed by atoms with Gasteiger partial charge in [-0.3, -0.25) is 14.9 Å². The minimum atomic E-state index is -0.465. The second kappa shape index (κ2) is 6.68. The average molecular weight is 360 g/mol. The highest BCUT2D eigenvalue weighted by molar-refractivity contribution is 6.53. The van der Waals surface area contributed by atoms with Gasteiger partial charge in [0.25, 0.3) is 11.6 Å². The van der Waals surface area contributed by atoms with Crippen LogP contribution in [0.1, 0.15) is 11.3 Å². The van der Waals surface area contributed by atoms with Gasteiger partial charge in [-0.1, -0.05) is 30.3 Å². The summed E-state index contributed by atoms with van der Waals surface area (Å²) in [6.45, 7) is 0. The van der Waals surface area contributed by atoms with Crippen molar-refractivity contribution in [2.75, 3.05) is 5.32 Å². The van der Waals surface area contributed by atoms with Gasteiger partial charge in [-0.15, -0.1) is 5.10 Å². The molecule has 1 amide bonds. The van der Waals surface area contributed by atoms with E-state index in [9.17, 15) is 14.9 Å². The van der Waals surface area contributed by atoms with Crippen molar-refractivity contribution < 1.29 is 14.1 Å². The molecule has 0 radical (unpaired) electrons. The van der Waals surface area contributed by atoms with Crippen molar-refractivity contribution in [1.29, 1.82) is 0 Å². The van der Waals surface area contributed by atoms with Gasteiger partial charge in [-0.2, -0.15) is 5.10 Å². The number of benzene rings is 2. The van der Waals surface area contributed by atoms with E-state index in [0.29, 0.717) is 28.3 Å². The summed E-state index contributed by atoms with van der Waals surface area (Å²) < 4.78 is 5.60.